The molecule has 24 N–H and O–H groups in total. The van der Waals surface area contributed by atoms with Crippen molar-refractivity contribution in [2.45, 2.75) is 131 Å². The van der Waals surface area contributed by atoms with E-state index in [1.165, 1.54) is 34.4 Å². The molecule has 0 aliphatic carbocycles. The van der Waals surface area contributed by atoms with Crippen LogP contribution in [0.5, 0.6) is 0 Å². The van der Waals surface area contributed by atoms with Crippen LogP contribution in [0.3, 0.4) is 0 Å². The van der Waals surface area contributed by atoms with E-state index >= 15 is 0 Å². The van der Waals surface area contributed by atoms with Gasteiger partial charge in [-0.1, -0.05) is 0 Å². The largest absolute Gasteiger partial charge is 0.449 e. The van der Waals surface area contributed by atoms with Crippen LogP contribution in [-0.2, 0) is 23.7 Å². The molecule has 478 valence electrons. The smallest absolute Gasteiger partial charge is 0.394 e. The number of alkyl halides is 3. The minimum atomic E-state index is -4.64. The Labute approximate surface area is 488 Å². The maximum atomic E-state index is 12.2. The average molecular weight is 1250 g/mol. The zero-order valence-electron chi connectivity index (χ0n) is 46.5. The topological polar surface area (TPSA) is 610 Å². The number of carbonyl (C=O) groups is 1. The van der Waals surface area contributed by atoms with E-state index in [2.05, 4.69) is 70.4 Å². The number of anilines is 4. The first kappa shape index (κ1) is 64.0. The lowest BCUT2D eigenvalue weighted by Gasteiger charge is -2.34. The molecule has 12 heterocycles. The van der Waals surface area contributed by atoms with Crippen molar-refractivity contribution in [1.82, 2.24) is 88.7 Å². The van der Waals surface area contributed by atoms with E-state index in [0.717, 1.165) is 0 Å². The van der Waals surface area contributed by atoms with Crippen LogP contribution in [0.1, 0.15) is 58.5 Å². The number of aliphatic hydroxyl groups excluding tert-OH is 6. The summed E-state index contributed by atoms with van der Waals surface area (Å²) in [6.45, 7) is 3.96. The van der Waals surface area contributed by atoms with Crippen LogP contribution in [0.25, 0.3) is 44.7 Å². The lowest BCUT2D eigenvalue weighted by molar-refractivity contribution is -0.168. The van der Waals surface area contributed by atoms with Gasteiger partial charge in [-0.25, -0.2) is 19.9 Å². The normalized spacial score (nSPS) is 27.2. The van der Waals surface area contributed by atoms with E-state index in [1.807, 2.05) is 13.8 Å². The number of fused-ring (bicyclic) bond motifs is 4. The van der Waals surface area contributed by atoms with Gasteiger partial charge in [-0.3, -0.25) is 72.8 Å². The molecule has 0 bridgehead atoms. The molecule has 88 heavy (non-hydrogen) atoms. The Bertz CT molecular complexity index is 4050. The standard InChI is InChI=1S/C23H32N12O7.C10H14N6O4.C10H14N6O3.C3H3F3O/c1-23(2,33-8-3-11(41-10(8)5-36)34-6-26-12-16(34)29-21(24)31-18(12)39)28-4-9-14(37)15(38)20(42-9)35-7-27-13-17(35)30-22(25)32-19(13)40;11-1-3-5(17)6(18)9(20-3)16-2-13-4-7(16)14-10(12)15-8(4)19;11-4-1-6(19-5(4)2-17)16-3-13-7-8(16)14-10(12)15-9(7)18;1-2(7)3(4,5)6/h6-11,14-15,20,28,33,36-38H,3-5H2,1-2H3,(H3,24,29,31,39)(H3,25,30,32,40);2-3,5-6,9,17-18H,1,11H2,(H3,12,14,15,19);3-6,17H,1-2,11H2,(H3,12,14,15,18);1H3/t8-,9+,10+,11+,14+,15+,20+;3-,5-,6-,9-;4-,5+,6+;/m010./s1. The number of carbonyl (C=O) groups excluding carboxylic acids is 1. The number of ether oxygens (including phenoxy) is 4. The van der Waals surface area contributed by atoms with Crippen LogP contribution in [0.4, 0.5) is 37.0 Å². The van der Waals surface area contributed by atoms with Crippen LogP contribution in [-0.4, -0.2) is 214 Å². The number of ketones is 1. The third-order valence-electron chi connectivity index (χ3n) is 14.4. The van der Waals surface area contributed by atoms with Crippen LogP contribution in [0, 0.1) is 0 Å². The molecule has 4 saturated heterocycles. The summed E-state index contributed by atoms with van der Waals surface area (Å²) >= 11 is 0. The first-order chi connectivity index (χ1) is 41.5. The molecule has 0 saturated carbocycles. The zero-order valence-corrected chi connectivity index (χ0v) is 46.5. The summed E-state index contributed by atoms with van der Waals surface area (Å²) < 4.78 is 61.5. The molecule has 4 aliphatic heterocycles. The van der Waals surface area contributed by atoms with Gasteiger partial charge >= 0.3 is 6.18 Å². The molecule has 8 aromatic rings. The number of Topliss-reactive ketones (excluding diaryl/α,β-unsaturated/α-hetero) is 1. The van der Waals surface area contributed by atoms with Crippen molar-refractivity contribution in [3.63, 3.8) is 0 Å². The number of imidazole rings is 4. The molecule has 4 aliphatic rings. The Kier molecular flexibility index (Phi) is 18.4. The molecule has 0 aromatic carbocycles. The minimum absolute atomic E-state index is 0.0141. The van der Waals surface area contributed by atoms with Crippen LogP contribution < -0.4 is 67.3 Å². The summed E-state index contributed by atoms with van der Waals surface area (Å²) in [6, 6.07) is -0.606. The van der Waals surface area contributed by atoms with Gasteiger partial charge in [0.1, 0.15) is 49.1 Å². The highest BCUT2D eigenvalue weighted by molar-refractivity contribution is 5.81. The Morgan fingerprint density at radius 1 is 0.591 bits per heavy atom. The fourth-order valence-electron chi connectivity index (χ4n) is 10.0. The summed E-state index contributed by atoms with van der Waals surface area (Å²) in [6.07, 6.45) is -8.71. The predicted molar refractivity (Wildman–Crippen MR) is 296 cm³/mol. The third kappa shape index (κ3) is 13.0. The number of nitrogens with zero attached hydrogens (tertiary/aromatic N) is 12. The zero-order chi connectivity index (χ0) is 64.0. The summed E-state index contributed by atoms with van der Waals surface area (Å²) in [5.41, 5.74) is 32.3. The number of halogens is 3. The van der Waals surface area contributed by atoms with E-state index in [4.69, 9.17) is 58.5 Å². The average Bonchev–Trinajstić information content (AvgIpc) is 3.43. The lowest BCUT2D eigenvalue weighted by atomic mass is 10.1. The van der Waals surface area contributed by atoms with Gasteiger partial charge < -0.3 is 84.0 Å². The van der Waals surface area contributed by atoms with Gasteiger partial charge in [-0.05, 0) is 13.8 Å². The maximum absolute atomic E-state index is 12.2. The van der Waals surface area contributed by atoms with Gasteiger partial charge in [-0.15, -0.1) is 0 Å². The number of H-pyrrole nitrogens is 4. The summed E-state index contributed by atoms with van der Waals surface area (Å²) in [7, 11) is 0. The SMILES string of the molecule is CC(=O)C(F)(F)F.CC(C)(NC[C@H]1O[C@@H](n2cnc3c(=O)[nH]c(N)nc32)[C@H](O)[C@@H]1O)N[C@H]1C[C@H](n2cnc3c(=O)[nH]c(N)nc32)O[C@@H]1CO.NC[C@H]1O[C@@H](n2cnc3c(=O)[nH]c(N)nc32)[C@H](O)[C@@H]1O.Nc1nc2c(ncn2[C@H]2C[C@H](N)[C@@H](CO)O2)c(=O)[nH]1. The van der Waals surface area contributed by atoms with Crippen LogP contribution >= 0.6 is 0 Å². The molecule has 8 aromatic heterocycles. The number of nitrogens with two attached hydrogens (primary N) is 6. The van der Waals surface area contributed by atoms with Gasteiger partial charge in [0.25, 0.3) is 22.2 Å². The molecule has 0 amide bonds. The number of rotatable bonds is 12. The second-order valence-electron chi connectivity index (χ2n) is 21.0. The predicted octanol–water partition coefficient (Wildman–Crippen LogP) is -6.67. The van der Waals surface area contributed by atoms with Gasteiger partial charge in [0.2, 0.25) is 29.6 Å². The van der Waals surface area contributed by atoms with Gasteiger partial charge in [0, 0.05) is 44.9 Å². The number of aromatic amines is 4. The fraction of sp³-hybridized carbons (Fsp3) is 0.543. The number of aliphatic hydroxyl groups is 6. The Morgan fingerprint density at radius 2 is 0.943 bits per heavy atom. The molecule has 4 fully saturated rings. The second-order valence-corrected chi connectivity index (χ2v) is 21.0. The van der Waals surface area contributed by atoms with Crippen molar-refractivity contribution in [1.29, 1.82) is 0 Å². The van der Waals surface area contributed by atoms with E-state index in [-0.39, 0.29) is 101 Å². The number of hydrogen-bond acceptors (Lipinski definition) is 31. The third-order valence-corrected chi connectivity index (χ3v) is 14.4. The summed E-state index contributed by atoms with van der Waals surface area (Å²) in [5, 5.41) is 67.2. The van der Waals surface area contributed by atoms with E-state index < -0.39 is 114 Å². The first-order valence-electron chi connectivity index (χ1n) is 26.5. The van der Waals surface area contributed by atoms with Crippen molar-refractivity contribution in [2.75, 3.05) is 49.2 Å². The van der Waals surface area contributed by atoms with E-state index in [0.29, 0.717) is 25.4 Å². The number of nitrogen functional groups attached to an aromatic ring is 4. The fourth-order valence-corrected chi connectivity index (χ4v) is 10.0. The second kappa shape index (κ2) is 25.3. The van der Waals surface area contributed by atoms with Gasteiger partial charge in [0.15, 0.2) is 57.1 Å². The summed E-state index contributed by atoms with van der Waals surface area (Å²) in [4.78, 5) is 98.8. The van der Waals surface area contributed by atoms with Crippen molar-refractivity contribution in [2.24, 2.45) is 11.5 Å². The first-order valence-corrected chi connectivity index (χ1v) is 26.5. The molecule has 0 spiro atoms. The molecule has 0 radical (unpaired) electrons. The lowest BCUT2D eigenvalue weighted by Crippen LogP contribution is -2.59. The van der Waals surface area contributed by atoms with E-state index in [1.54, 1.807) is 9.13 Å². The molecule has 42 heteroatoms. The highest BCUT2D eigenvalue weighted by Crippen LogP contribution is 2.35. The Morgan fingerprint density at radius 3 is 1.31 bits per heavy atom. The highest BCUT2D eigenvalue weighted by atomic mass is 19.4. The molecule has 14 atom stereocenters. The Hall–Kier alpha value is -8.50. The van der Waals surface area contributed by atoms with Crippen molar-refractivity contribution in [3.05, 3.63) is 66.7 Å². The van der Waals surface area contributed by atoms with E-state index in [9.17, 15) is 62.7 Å². The monoisotopic (exact) mass is 1250 g/mol. The minimum Gasteiger partial charge on any atom is -0.394 e. The van der Waals surface area contributed by atoms with Crippen molar-refractivity contribution >= 4 is 74.2 Å². The number of hydrogen-bond donors (Lipinski definition) is 18. The van der Waals surface area contributed by atoms with Crippen LogP contribution in [0.2, 0.25) is 0 Å². The van der Waals surface area contributed by atoms with Gasteiger partial charge in [0.05, 0.1) is 56.4 Å². The number of aromatic nitrogens is 16. The molecular weight excluding hydrogens is 1190 g/mol. The van der Waals surface area contributed by atoms with Crippen molar-refractivity contribution in [3.8, 4) is 0 Å². The molecular formula is C46H63F3N24O15. The molecule has 0 unspecified atom stereocenters. The molecule has 12 rings (SSSR count). The summed E-state index contributed by atoms with van der Waals surface area (Å²) in [5.74, 6) is -1.99. The van der Waals surface area contributed by atoms with Crippen molar-refractivity contribution < 1.29 is 67.6 Å². The molecule has 39 nitrogen and oxygen atoms in total. The van der Waals surface area contributed by atoms with Crippen LogP contribution in [0.15, 0.2) is 44.5 Å². The highest BCUT2D eigenvalue weighted by Gasteiger charge is 2.47. The quantitative estimate of drug-likeness (QED) is 0.0506. The number of nitrogens with one attached hydrogen (secondary N) is 6. The maximum Gasteiger partial charge on any atom is 0.449 e. The van der Waals surface area contributed by atoms with Gasteiger partial charge in [-0.2, -0.15) is 33.1 Å². The Balaban J connectivity index is 0.000000165.